The molecule has 0 fully saturated rings. The van der Waals surface area contributed by atoms with Crippen molar-refractivity contribution in [1.29, 1.82) is 0 Å². The Hall–Kier alpha value is -8.22. The predicted octanol–water partition coefficient (Wildman–Crippen LogP) is 15.2. The molecule has 0 spiro atoms. The SMILES string of the molecule is COc1cccc(N(c2ccccc2)c2ccc3c4ccc(N(c5ccccc5)c5cccc(OC)c5)cc4n(-c4ccc(N(c5ccccc5)c5ccccc5)cc4)c3c2)c1. The summed E-state index contributed by atoms with van der Waals surface area (Å²) < 4.78 is 13.8. The summed E-state index contributed by atoms with van der Waals surface area (Å²) >= 11 is 0. The lowest BCUT2D eigenvalue weighted by Crippen LogP contribution is -2.10. The van der Waals surface area contributed by atoms with Gasteiger partial charge in [0.25, 0.3) is 0 Å². The summed E-state index contributed by atoms with van der Waals surface area (Å²) in [6.07, 6.45) is 0. The molecule has 0 unspecified atom stereocenters. The Bertz CT molecular complexity index is 2910. The molecule has 6 heteroatoms. The Kier molecular flexibility index (Phi) is 10.3. The van der Waals surface area contributed by atoms with Gasteiger partial charge in [-0.2, -0.15) is 0 Å². The average Bonchev–Trinajstić information content (AvgIpc) is 3.66. The Morgan fingerprint density at radius 1 is 0.290 bits per heavy atom. The van der Waals surface area contributed by atoms with Gasteiger partial charge in [0.1, 0.15) is 11.5 Å². The molecule has 0 aliphatic carbocycles. The van der Waals surface area contributed by atoms with Gasteiger partial charge in [-0.05, 0) is 121 Å². The number of nitrogens with zero attached hydrogens (tertiary/aromatic N) is 4. The molecule has 0 saturated carbocycles. The molecule has 0 atom stereocenters. The number of fused-ring (bicyclic) bond motifs is 3. The summed E-state index contributed by atoms with van der Waals surface area (Å²) in [5.41, 5.74) is 12.6. The third kappa shape index (κ3) is 7.24. The second-order valence-electron chi connectivity index (χ2n) is 15.0. The Labute approximate surface area is 362 Å². The predicted molar refractivity (Wildman–Crippen MR) is 258 cm³/mol. The standard InChI is InChI=1S/C56H44N4O2/c1-61-51-27-15-25-47(37-51)58(43-21-11-5-12-22-43)49-33-35-53-54-36-34-50(59(44-23-13-6-14-24-44)48-26-16-28-52(38-48)62-2)40-56(54)60(55(53)39-49)46-31-29-45(30-32-46)57(41-17-7-3-8-18-41)42-19-9-4-10-20-42/h3-40H,1-2H3. The van der Waals surface area contributed by atoms with Crippen LogP contribution in [0.3, 0.4) is 0 Å². The smallest absolute Gasteiger partial charge is 0.120 e. The van der Waals surface area contributed by atoms with Gasteiger partial charge >= 0.3 is 0 Å². The maximum Gasteiger partial charge on any atom is 0.120 e. The second-order valence-corrected chi connectivity index (χ2v) is 15.0. The number of methoxy groups -OCH3 is 2. The van der Waals surface area contributed by atoms with E-state index in [4.69, 9.17) is 9.47 Å². The van der Waals surface area contributed by atoms with Gasteiger partial charge in [-0.3, -0.25) is 0 Å². The topological polar surface area (TPSA) is 33.1 Å². The van der Waals surface area contributed by atoms with Crippen molar-refractivity contribution in [2.75, 3.05) is 28.9 Å². The number of ether oxygens (including phenoxy) is 2. The quantitative estimate of drug-likeness (QED) is 0.123. The summed E-state index contributed by atoms with van der Waals surface area (Å²) in [6.45, 7) is 0. The maximum absolute atomic E-state index is 5.71. The molecule has 1 heterocycles. The van der Waals surface area contributed by atoms with Gasteiger partial charge < -0.3 is 28.7 Å². The van der Waals surface area contributed by atoms with Crippen LogP contribution in [0.4, 0.5) is 51.2 Å². The summed E-state index contributed by atoms with van der Waals surface area (Å²) in [6, 6.07) is 81.0. The van der Waals surface area contributed by atoms with Crippen LogP contribution in [0.5, 0.6) is 11.5 Å². The minimum Gasteiger partial charge on any atom is -0.497 e. The van der Waals surface area contributed by atoms with E-state index < -0.39 is 0 Å². The van der Waals surface area contributed by atoms with Crippen LogP contribution in [-0.4, -0.2) is 18.8 Å². The van der Waals surface area contributed by atoms with E-state index in [9.17, 15) is 0 Å². The molecule has 62 heavy (non-hydrogen) atoms. The van der Waals surface area contributed by atoms with E-state index in [1.807, 2.05) is 24.3 Å². The van der Waals surface area contributed by atoms with Crippen LogP contribution in [0.15, 0.2) is 231 Å². The van der Waals surface area contributed by atoms with Gasteiger partial charge in [0.2, 0.25) is 0 Å². The zero-order chi connectivity index (χ0) is 41.8. The van der Waals surface area contributed by atoms with Gasteiger partial charge in [0, 0.05) is 79.8 Å². The van der Waals surface area contributed by atoms with Crippen LogP contribution in [0.25, 0.3) is 27.5 Å². The second kappa shape index (κ2) is 16.8. The minimum atomic E-state index is 0.797. The van der Waals surface area contributed by atoms with E-state index in [-0.39, 0.29) is 0 Å². The van der Waals surface area contributed by atoms with Crippen LogP contribution >= 0.6 is 0 Å². The molecule has 10 aromatic rings. The first-order valence-corrected chi connectivity index (χ1v) is 20.7. The van der Waals surface area contributed by atoms with Crippen LogP contribution in [-0.2, 0) is 0 Å². The van der Waals surface area contributed by atoms with Crippen molar-refractivity contribution < 1.29 is 9.47 Å². The Morgan fingerprint density at radius 3 is 0.968 bits per heavy atom. The van der Waals surface area contributed by atoms with Crippen molar-refractivity contribution in [3.63, 3.8) is 0 Å². The molecule has 0 amide bonds. The minimum absolute atomic E-state index is 0.797. The molecule has 0 N–H and O–H groups in total. The number of anilines is 9. The molecule has 0 radical (unpaired) electrons. The van der Waals surface area contributed by atoms with Crippen LogP contribution in [0.1, 0.15) is 0 Å². The largest absolute Gasteiger partial charge is 0.497 e. The normalized spacial score (nSPS) is 11.1. The van der Waals surface area contributed by atoms with E-state index in [0.717, 1.165) is 90.2 Å². The molecular weight excluding hydrogens is 761 g/mol. The van der Waals surface area contributed by atoms with Gasteiger partial charge in [0.15, 0.2) is 0 Å². The summed E-state index contributed by atoms with van der Waals surface area (Å²) in [4.78, 5) is 6.87. The van der Waals surface area contributed by atoms with Crippen LogP contribution < -0.4 is 24.2 Å². The molecule has 9 aromatic carbocycles. The molecule has 0 aliphatic heterocycles. The third-order valence-corrected chi connectivity index (χ3v) is 11.3. The third-order valence-electron chi connectivity index (χ3n) is 11.3. The van der Waals surface area contributed by atoms with E-state index in [2.05, 4.69) is 226 Å². The molecule has 10 rings (SSSR count). The molecule has 0 aliphatic rings. The fraction of sp³-hybridized carbons (Fsp3) is 0.0357. The highest BCUT2D eigenvalue weighted by Crippen LogP contribution is 2.44. The van der Waals surface area contributed by atoms with Crippen molar-refractivity contribution in [3.8, 4) is 17.2 Å². The Balaban J connectivity index is 1.20. The van der Waals surface area contributed by atoms with Crippen molar-refractivity contribution >= 4 is 73.0 Å². The van der Waals surface area contributed by atoms with Crippen LogP contribution in [0, 0.1) is 0 Å². The monoisotopic (exact) mass is 804 g/mol. The van der Waals surface area contributed by atoms with E-state index in [0.29, 0.717) is 0 Å². The first-order chi connectivity index (χ1) is 30.7. The number of benzene rings is 9. The summed E-state index contributed by atoms with van der Waals surface area (Å²) in [5.74, 6) is 1.59. The van der Waals surface area contributed by atoms with E-state index in [1.165, 1.54) is 0 Å². The lowest BCUT2D eigenvalue weighted by molar-refractivity contribution is 0.415. The molecule has 6 nitrogen and oxygen atoms in total. The maximum atomic E-state index is 5.71. The van der Waals surface area contributed by atoms with Crippen molar-refractivity contribution in [1.82, 2.24) is 4.57 Å². The average molecular weight is 805 g/mol. The lowest BCUT2D eigenvalue weighted by Gasteiger charge is -2.26. The van der Waals surface area contributed by atoms with Crippen molar-refractivity contribution in [2.45, 2.75) is 0 Å². The zero-order valence-corrected chi connectivity index (χ0v) is 34.5. The molecule has 0 saturated heterocycles. The fourth-order valence-corrected chi connectivity index (χ4v) is 8.45. The van der Waals surface area contributed by atoms with Crippen LogP contribution in [0.2, 0.25) is 0 Å². The van der Waals surface area contributed by atoms with Gasteiger partial charge in [-0.1, -0.05) is 97.1 Å². The van der Waals surface area contributed by atoms with E-state index >= 15 is 0 Å². The number of para-hydroxylation sites is 4. The Morgan fingerprint density at radius 2 is 0.597 bits per heavy atom. The van der Waals surface area contributed by atoms with Crippen molar-refractivity contribution in [3.05, 3.63) is 231 Å². The molecule has 300 valence electrons. The van der Waals surface area contributed by atoms with E-state index in [1.54, 1.807) is 14.2 Å². The summed E-state index contributed by atoms with van der Waals surface area (Å²) in [5, 5.41) is 2.31. The summed E-state index contributed by atoms with van der Waals surface area (Å²) in [7, 11) is 3.42. The number of rotatable bonds is 12. The number of hydrogen-bond acceptors (Lipinski definition) is 5. The fourth-order valence-electron chi connectivity index (χ4n) is 8.45. The highest BCUT2D eigenvalue weighted by Gasteiger charge is 2.21. The van der Waals surface area contributed by atoms with Crippen molar-refractivity contribution in [2.24, 2.45) is 0 Å². The molecule has 0 bridgehead atoms. The first-order valence-electron chi connectivity index (χ1n) is 20.7. The molecule has 1 aromatic heterocycles. The number of aromatic nitrogens is 1. The van der Waals surface area contributed by atoms with Gasteiger partial charge in [-0.15, -0.1) is 0 Å². The van der Waals surface area contributed by atoms with Gasteiger partial charge in [-0.25, -0.2) is 0 Å². The lowest BCUT2D eigenvalue weighted by atomic mass is 10.1. The highest BCUT2D eigenvalue weighted by molar-refractivity contribution is 6.11. The zero-order valence-electron chi connectivity index (χ0n) is 34.5. The highest BCUT2D eigenvalue weighted by atomic mass is 16.5. The van der Waals surface area contributed by atoms with Gasteiger partial charge in [0.05, 0.1) is 25.3 Å². The number of hydrogen-bond donors (Lipinski definition) is 0. The molecular formula is C56H44N4O2. The first kappa shape index (κ1) is 38.0.